The van der Waals surface area contributed by atoms with E-state index in [9.17, 15) is 10.1 Å². The molecule has 0 aliphatic rings. The number of aromatic nitrogens is 1. The number of benzene rings is 2. The minimum Gasteiger partial charge on any atom is -0.491 e. The van der Waals surface area contributed by atoms with Crippen LogP contribution in [0.15, 0.2) is 40.8 Å². The van der Waals surface area contributed by atoms with Gasteiger partial charge in [-0.3, -0.25) is 0 Å². The van der Waals surface area contributed by atoms with Gasteiger partial charge in [-0.1, -0.05) is 0 Å². The van der Waals surface area contributed by atoms with Gasteiger partial charge in [0.15, 0.2) is 12.2 Å². The van der Waals surface area contributed by atoms with Gasteiger partial charge in [0.25, 0.3) is 0 Å². The van der Waals surface area contributed by atoms with E-state index in [-0.39, 0.29) is 24.2 Å². The van der Waals surface area contributed by atoms with Crippen molar-refractivity contribution in [1.82, 2.24) is 4.98 Å². The fourth-order valence-electron chi connectivity index (χ4n) is 2.37. The summed E-state index contributed by atoms with van der Waals surface area (Å²) in [4.78, 5) is 15.2. The van der Waals surface area contributed by atoms with Crippen LogP contribution in [0, 0.1) is 11.3 Å². The summed E-state index contributed by atoms with van der Waals surface area (Å²) in [6.07, 6.45) is 0.00348. The number of oxazole rings is 1. The van der Waals surface area contributed by atoms with Crippen molar-refractivity contribution >= 4 is 17.1 Å². The maximum Gasteiger partial charge on any atom is 0.335 e. The highest BCUT2D eigenvalue weighted by Gasteiger charge is 2.12. The number of nitriles is 1. The minimum atomic E-state index is -1.04. The van der Waals surface area contributed by atoms with Crippen molar-refractivity contribution in [3.8, 4) is 17.6 Å². The van der Waals surface area contributed by atoms with Crippen molar-refractivity contribution in [1.29, 1.82) is 5.26 Å². The summed E-state index contributed by atoms with van der Waals surface area (Å²) < 4.78 is 16.7. The molecule has 0 amide bonds. The molecule has 1 N–H and O–H groups in total. The summed E-state index contributed by atoms with van der Waals surface area (Å²) in [7, 11) is 0. The van der Waals surface area contributed by atoms with Crippen LogP contribution in [0.1, 0.15) is 35.7 Å². The first-order valence-electron chi connectivity index (χ1n) is 7.92. The second-order valence-corrected chi connectivity index (χ2v) is 5.82. The van der Waals surface area contributed by atoms with Crippen LogP contribution in [0.4, 0.5) is 0 Å². The summed E-state index contributed by atoms with van der Waals surface area (Å²) in [5.41, 5.74) is 1.36. The molecule has 1 heterocycles. The average Bonchev–Trinajstić information content (AvgIpc) is 3.01. The van der Waals surface area contributed by atoms with Gasteiger partial charge >= 0.3 is 5.97 Å². The molecule has 26 heavy (non-hydrogen) atoms. The Bertz CT molecular complexity index is 1000. The van der Waals surface area contributed by atoms with E-state index in [0.29, 0.717) is 28.2 Å². The number of ether oxygens (including phenoxy) is 2. The highest BCUT2D eigenvalue weighted by molar-refractivity contribution is 5.91. The predicted octanol–water partition coefficient (Wildman–Crippen LogP) is 3.76. The molecule has 3 aromatic rings. The lowest BCUT2D eigenvalue weighted by molar-refractivity contribution is 0.0697. The summed E-state index contributed by atoms with van der Waals surface area (Å²) in [6, 6.07) is 11.5. The molecule has 0 saturated carbocycles. The van der Waals surface area contributed by atoms with E-state index < -0.39 is 5.97 Å². The lowest BCUT2D eigenvalue weighted by Crippen LogP contribution is -2.06. The molecule has 3 rings (SSSR count). The van der Waals surface area contributed by atoms with Crippen molar-refractivity contribution < 1.29 is 23.8 Å². The van der Waals surface area contributed by atoms with E-state index in [1.54, 1.807) is 24.3 Å². The van der Waals surface area contributed by atoms with Gasteiger partial charge in [-0.2, -0.15) is 5.26 Å². The van der Waals surface area contributed by atoms with Crippen molar-refractivity contribution in [2.45, 2.75) is 26.6 Å². The van der Waals surface area contributed by atoms with Gasteiger partial charge in [0, 0.05) is 6.07 Å². The first-order chi connectivity index (χ1) is 12.5. The number of carbonyl (C=O) groups is 1. The fourth-order valence-corrected chi connectivity index (χ4v) is 2.37. The number of hydrogen-bond donors (Lipinski definition) is 1. The number of hydrogen-bond acceptors (Lipinski definition) is 6. The lowest BCUT2D eigenvalue weighted by atomic mass is 10.2. The molecule has 132 valence electrons. The van der Waals surface area contributed by atoms with E-state index in [4.69, 9.17) is 19.0 Å². The van der Waals surface area contributed by atoms with Crippen LogP contribution in [0.5, 0.6) is 11.5 Å². The topological polar surface area (TPSA) is 106 Å². The van der Waals surface area contributed by atoms with Crippen LogP contribution in [0.25, 0.3) is 11.1 Å². The van der Waals surface area contributed by atoms with Crippen LogP contribution >= 0.6 is 0 Å². The van der Waals surface area contributed by atoms with Crippen molar-refractivity contribution in [2.75, 3.05) is 0 Å². The molecule has 2 aromatic carbocycles. The molecule has 0 fully saturated rings. The highest BCUT2D eigenvalue weighted by atomic mass is 16.5. The zero-order valence-electron chi connectivity index (χ0n) is 14.2. The SMILES string of the molecule is CC(C)Oc1ccc(OCc2nc3ccc(C(=O)O)cc3o2)c(C#N)c1. The Morgan fingerprint density at radius 3 is 2.81 bits per heavy atom. The highest BCUT2D eigenvalue weighted by Crippen LogP contribution is 2.26. The molecule has 0 aliphatic heterocycles. The van der Waals surface area contributed by atoms with Gasteiger partial charge in [0.2, 0.25) is 5.89 Å². The molecule has 0 atom stereocenters. The van der Waals surface area contributed by atoms with E-state index in [1.165, 1.54) is 12.1 Å². The van der Waals surface area contributed by atoms with Crippen molar-refractivity contribution in [3.05, 3.63) is 53.4 Å². The van der Waals surface area contributed by atoms with Crippen molar-refractivity contribution in [2.24, 2.45) is 0 Å². The maximum atomic E-state index is 11.0. The number of carboxylic acid groups (broad SMARTS) is 1. The van der Waals surface area contributed by atoms with Crippen LogP contribution in [0.3, 0.4) is 0 Å². The first kappa shape index (κ1) is 17.3. The van der Waals surface area contributed by atoms with Crippen LogP contribution in [0.2, 0.25) is 0 Å². The third-order valence-electron chi connectivity index (χ3n) is 3.47. The van der Waals surface area contributed by atoms with Gasteiger partial charge in [0.1, 0.15) is 23.1 Å². The Morgan fingerprint density at radius 1 is 1.31 bits per heavy atom. The number of aromatic carboxylic acids is 1. The second-order valence-electron chi connectivity index (χ2n) is 5.82. The Balaban J connectivity index is 1.77. The molecule has 0 spiro atoms. The Hall–Kier alpha value is -3.53. The Morgan fingerprint density at radius 2 is 2.12 bits per heavy atom. The number of carboxylic acids is 1. The van der Waals surface area contributed by atoms with E-state index >= 15 is 0 Å². The molecule has 1 aromatic heterocycles. The summed E-state index contributed by atoms with van der Waals surface area (Å²) in [6.45, 7) is 3.81. The van der Waals surface area contributed by atoms with Gasteiger partial charge in [-0.25, -0.2) is 9.78 Å². The van der Waals surface area contributed by atoms with E-state index in [2.05, 4.69) is 11.1 Å². The first-order valence-corrected chi connectivity index (χ1v) is 7.92. The minimum absolute atomic E-state index is 0.00348. The maximum absolute atomic E-state index is 11.0. The summed E-state index contributed by atoms with van der Waals surface area (Å²) in [5, 5.41) is 18.3. The van der Waals surface area contributed by atoms with Crippen LogP contribution < -0.4 is 9.47 Å². The fraction of sp³-hybridized carbons (Fsp3) is 0.211. The average molecular weight is 352 g/mol. The zero-order valence-corrected chi connectivity index (χ0v) is 14.2. The number of fused-ring (bicyclic) bond motifs is 1. The van der Waals surface area contributed by atoms with Gasteiger partial charge < -0.3 is 19.0 Å². The van der Waals surface area contributed by atoms with Gasteiger partial charge in [-0.15, -0.1) is 0 Å². The van der Waals surface area contributed by atoms with Gasteiger partial charge in [0.05, 0.1) is 17.2 Å². The summed E-state index contributed by atoms with van der Waals surface area (Å²) >= 11 is 0. The third kappa shape index (κ3) is 3.75. The molecule has 0 radical (unpaired) electrons. The molecular formula is C19H16N2O5. The molecule has 0 unspecified atom stereocenters. The standard InChI is InChI=1S/C19H16N2O5/c1-11(2)25-14-4-6-16(13(7-14)9-20)24-10-18-21-15-5-3-12(19(22)23)8-17(15)26-18/h3-8,11H,10H2,1-2H3,(H,22,23). The third-order valence-corrected chi connectivity index (χ3v) is 3.47. The number of nitrogens with zero attached hydrogens (tertiary/aromatic N) is 2. The molecule has 0 aliphatic carbocycles. The van der Waals surface area contributed by atoms with E-state index in [1.807, 2.05) is 13.8 Å². The summed E-state index contributed by atoms with van der Waals surface area (Å²) in [5.74, 6) is 0.224. The molecule has 7 heteroatoms. The van der Waals surface area contributed by atoms with E-state index in [0.717, 1.165) is 0 Å². The largest absolute Gasteiger partial charge is 0.491 e. The predicted molar refractivity (Wildman–Crippen MR) is 92.2 cm³/mol. The molecule has 7 nitrogen and oxygen atoms in total. The van der Waals surface area contributed by atoms with Crippen LogP contribution in [-0.4, -0.2) is 22.2 Å². The molecular weight excluding hydrogens is 336 g/mol. The quantitative estimate of drug-likeness (QED) is 0.720. The van der Waals surface area contributed by atoms with Gasteiger partial charge in [-0.05, 0) is 44.2 Å². The monoisotopic (exact) mass is 352 g/mol. The van der Waals surface area contributed by atoms with Crippen molar-refractivity contribution in [3.63, 3.8) is 0 Å². The molecule has 0 bridgehead atoms. The molecule has 0 saturated heterocycles. The zero-order chi connectivity index (χ0) is 18.7. The number of rotatable bonds is 6. The Kier molecular flexibility index (Phi) is 4.76. The Labute approximate surface area is 149 Å². The lowest BCUT2D eigenvalue weighted by Gasteiger charge is -2.11. The second kappa shape index (κ2) is 7.15. The normalized spacial score (nSPS) is 10.7. The smallest absolute Gasteiger partial charge is 0.335 e. The van der Waals surface area contributed by atoms with Crippen LogP contribution in [-0.2, 0) is 6.61 Å².